The maximum absolute atomic E-state index is 12.2. The Morgan fingerprint density at radius 3 is 2.80 bits per heavy atom. The van der Waals surface area contributed by atoms with Crippen molar-refractivity contribution in [2.45, 2.75) is 13.5 Å². The van der Waals surface area contributed by atoms with Gasteiger partial charge in [-0.15, -0.1) is 0 Å². The molecule has 0 bridgehead atoms. The minimum absolute atomic E-state index is 0.256. The second-order valence-electron chi connectivity index (χ2n) is 5.33. The molecule has 0 atom stereocenters. The Hall–Kier alpha value is -2.93. The van der Waals surface area contributed by atoms with E-state index < -0.39 is 11.9 Å². The lowest BCUT2D eigenvalue weighted by atomic mass is 10.2. The number of hydrogen-bond acceptors (Lipinski definition) is 5. The molecule has 2 aromatic heterocycles. The van der Waals surface area contributed by atoms with Gasteiger partial charge >= 0.3 is 5.97 Å². The van der Waals surface area contributed by atoms with Crippen LogP contribution in [0.1, 0.15) is 21.6 Å². The molecule has 0 radical (unpaired) electrons. The van der Waals surface area contributed by atoms with E-state index in [1.807, 2.05) is 12.1 Å². The van der Waals surface area contributed by atoms with Crippen molar-refractivity contribution in [1.29, 1.82) is 0 Å². The van der Waals surface area contributed by atoms with Crippen LogP contribution in [0.25, 0.3) is 5.65 Å². The van der Waals surface area contributed by atoms with Crippen molar-refractivity contribution in [3.63, 3.8) is 0 Å². The van der Waals surface area contributed by atoms with Crippen molar-refractivity contribution in [3.8, 4) is 0 Å². The van der Waals surface area contributed by atoms with E-state index in [1.54, 1.807) is 37.5 Å². The van der Waals surface area contributed by atoms with Crippen LogP contribution in [0.3, 0.4) is 0 Å². The summed E-state index contributed by atoms with van der Waals surface area (Å²) in [7, 11) is 0. The standard InChI is InChI=1S/C17H15ClN4O3/c1-11-15(16-19-7-2-8-22(16)21-11)17(24)25-10-14(23)20-9-12-3-5-13(18)6-4-12/h2-8H,9-10H2,1H3,(H,20,23). The number of esters is 1. The number of halogens is 1. The molecule has 3 aromatic rings. The topological polar surface area (TPSA) is 85.6 Å². The van der Waals surface area contributed by atoms with Crippen molar-refractivity contribution >= 4 is 29.1 Å². The summed E-state index contributed by atoms with van der Waals surface area (Å²) < 4.78 is 6.57. The van der Waals surface area contributed by atoms with E-state index in [0.29, 0.717) is 22.9 Å². The number of aromatic nitrogens is 3. The SMILES string of the molecule is Cc1nn2cccnc2c1C(=O)OCC(=O)NCc1ccc(Cl)cc1. The Morgan fingerprint density at radius 1 is 1.28 bits per heavy atom. The smallest absolute Gasteiger partial charge is 0.344 e. The number of rotatable bonds is 5. The van der Waals surface area contributed by atoms with Gasteiger partial charge in [-0.25, -0.2) is 14.3 Å². The van der Waals surface area contributed by atoms with Gasteiger partial charge in [0.15, 0.2) is 12.3 Å². The number of amides is 1. The molecular formula is C17H15ClN4O3. The van der Waals surface area contributed by atoms with Crippen LogP contribution in [0.5, 0.6) is 0 Å². The molecule has 8 heteroatoms. The third-order valence-corrected chi connectivity index (χ3v) is 3.76. The number of fused-ring (bicyclic) bond motifs is 1. The zero-order valence-corrected chi connectivity index (χ0v) is 14.2. The molecule has 3 rings (SSSR count). The van der Waals surface area contributed by atoms with E-state index in [9.17, 15) is 9.59 Å². The Labute approximate surface area is 148 Å². The number of ether oxygens (including phenoxy) is 1. The Kier molecular flexibility index (Phi) is 4.95. The first kappa shape index (κ1) is 16.9. The molecule has 0 fully saturated rings. The van der Waals surface area contributed by atoms with Crippen molar-refractivity contribution in [3.05, 3.63) is 64.6 Å². The molecule has 128 valence electrons. The molecule has 1 aromatic carbocycles. The van der Waals surface area contributed by atoms with Crippen molar-refractivity contribution in [1.82, 2.24) is 19.9 Å². The molecule has 0 unspecified atom stereocenters. The van der Waals surface area contributed by atoms with Gasteiger partial charge in [0.05, 0.1) is 5.69 Å². The van der Waals surface area contributed by atoms with E-state index in [1.165, 1.54) is 4.52 Å². The Balaban J connectivity index is 1.57. The number of nitrogens with zero attached hydrogens (tertiary/aromatic N) is 3. The largest absolute Gasteiger partial charge is 0.452 e. The Morgan fingerprint density at radius 2 is 2.04 bits per heavy atom. The summed E-state index contributed by atoms with van der Waals surface area (Å²) in [5.41, 5.74) is 2.04. The highest BCUT2D eigenvalue weighted by Gasteiger charge is 2.20. The fraction of sp³-hybridized carbons (Fsp3) is 0.176. The van der Waals surface area contributed by atoms with Gasteiger partial charge in [0.25, 0.3) is 5.91 Å². The molecule has 0 saturated carbocycles. The van der Waals surface area contributed by atoms with Crippen LogP contribution in [0, 0.1) is 6.92 Å². The van der Waals surface area contributed by atoms with E-state index in [4.69, 9.17) is 16.3 Å². The van der Waals surface area contributed by atoms with Gasteiger partial charge in [0.1, 0.15) is 5.56 Å². The van der Waals surface area contributed by atoms with E-state index in [2.05, 4.69) is 15.4 Å². The number of benzene rings is 1. The average Bonchev–Trinajstić information content (AvgIpc) is 2.95. The lowest BCUT2D eigenvalue weighted by Crippen LogP contribution is -2.28. The lowest BCUT2D eigenvalue weighted by Gasteiger charge is -2.06. The highest BCUT2D eigenvalue weighted by molar-refractivity contribution is 6.30. The average molecular weight is 359 g/mol. The summed E-state index contributed by atoms with van der Waals surface area (Å²) in [6.45, 7) is 1.63. The summed E-state index contributed by atoms with van der Waals surface area (Å²) in [6.07, 6.45) is 3.25. The number of carbonyl (C=O) groups is 2. The second kappa shape index (κ2) is 7.31. The summed E-state index contributed by atoms with van der Waals surface area (Å²) in [6, 6.07) is 8.80. The third-order valence-electron chi connectivity index (χ3n) is 3.51. The van der Waals surface area contributed by atoms with Gasteiger partial charge in [-0.2, -0.15) is 5.10 Å². The van der Waals surface area contributed by atoms with Gasteiger partial charge < -0.3 is 10.1 Å². The molecule has 2 heterocycles. The zero-order valence-electron chi connectivity index (χ0n) is 13.4. The molecule has 1 N–H and O–H groups in total. The summed E-state index contributed by atoms with van der Waals surface area (Å²) >= 11 is 5.81. The quantitative estimate of drug-likeness (QED) is 0.706. The predicted octanol–water partition coefficient (Wildman–Crippen LogP) is 2.16. The Bertz CT molecular complexity index is 921. The van der Waals surface area contributed by atoms with E-state index >= 15 is 0 Å². The normalized spacial score (nSPS) is 10.6. The van der Waals surface area contributed by atoms with Crippen molar-refractivity contribution < 1.29 is 14.3 Å². The van der Waals surface area contributed by atoms with Crippen LogP contribution in [0.4, 0.5) is 0 Å². The van der Waals surface area contributed by atoms with Crippen LogP contribution in [0.15, 0.2) is 42.7 Å². The van der Waals surface area contributed by atoms with E-state index in [0.717, 1.165) is 5.56 Å². The van der Waals surface area contributed by atoms with Gasteiger partial charge in [0.2, 0.25) is 0 Å². The first-order valence-electron chi connectivity index (χ1n) is 7.53. The minimum Gasteiger partial charge on any atom is -0.452 e. The molecule has 25 heavy (non-hydrogen) atoms. The highest BCUT2D eigenvalue weighted by atomic mass is 35.5. The molecule has 7 nitrogen and oxygen atoms in total. The first-order chi connectivity index (χ1) is 12.0. The number of nitrogens with one attached hydrogen (secondary N) is 1. The van der Waals surface area contributed by atoms with Crippen molar-refractivity contribution in [2.24, 2.45) is 0 Å². The van der Waals surface area contributed by atoms with Crippen LogP contribution in [-0.4, -0.2) is 33.1 Å². The fourth-order valence-electron chi connectivity index (χ4n) is 2.29. The maximum Gasteiger partial charge on any atom is 0.344 e. The van der Waals surface area contributed by atoms with Crippen LogP contribution >= 0.6 is 11.6 Å². The molecule has 0 spiro atoms. The zero-order chi connectivity index (χ0) is 17.8. The first-order valence-corrected chi connectivity index (χ1v) is 7.90. The minimum atomic E-state index is -0.632. The van der Waals surface area contributed by atoms with Crippen LogP contribution in [-0.2, 0) is 16.1 Å². The molecule has 0 aliphatic heterocycles. The van der Waals surface area contributed by atoms with Crippen molar-refractivity contribution in [2.75, 3.05) is 6.61 Å². The monoisotopic (exact) mass is 358 g/mol. The second-order valence-corrected chi connectivity index (χ2v) is 5.76. The van der Waals surface area contributed by atoms with Crippen LogP contribution in [0.2, 0.25) is 5.02 Å². The number of carbonyl (C=O) groups excluding carboxylic acids is 2. The summed E-state index contributed by atoms with van der Waals surface area (Å²) in [5, 5.41) is 7.49. The van der Waals surface area contributed by atoms with Gasteiger partial charge in [-0.1, -0.05) is 23.7 Å². The number of hydrogen-bond donors (Lipinski definition) is 1. The lowest BCUT2D eigenvalue weighted by molar-refractivity contribution is -0.124. The van der Waals surface area contributed by atoms with Gasteiger partial charge in [-0.3, -0.25) is 4.79 Å². The van der Waals surface area contributed by atoms with Crippen LogP contribution < -0.4 is 5.32 Å². The fourth-order valence-corrected chi connectivity index (χ4v) is 2.42. The predicted molar refractivity (Wildman–Crippen MR) is 91.3 cm³/mol. The van der Waals surface area contributed by atoms with Gasteiger partial charge in [-0.05, 0) is 30.7 Å². The highest BCUT2D eigenvalue weighted by Crippen LogP contribution is 2.14. The molecule has 1 amide bonds. The molecular weight excluding hydrogens is 344 g/mol. The molecule has 0 aliphatic carbocycles. The summed E-state index contributed by atoms with van der Waals surface area (Å²) in [5.74, 6) is -1.03. The summed E-state index contributed by atoms with van der Waals surface area (Å²) in [4.78, 5) is 28.2. The molecule has 0 saturated heterocycles. The molecule has 0 aliphatic rings. The third kappa shape index (κ3) is 3.95. The van der Waals surface area contributed by atoms with E-state index in [-0.39, 0.29) is 12.2 Å². The van der Waals surface area contributed by atoms with Gasteiger partial charge in [0, 0.05) is 24.0 Å². The number of aryl methyl sites for hydroxylation is 1. The maximum atomic E-state index is 12.2.